The molecule has 4 rings (SSSR count). The van der Waals surface area contributed by atoms with Gasteiger partial charge in [-0.2, -0.15) is 19.9 Å². The molecule has 0 radical (unpaired) electrons. The molecule has 0 bridgehead atoms. The van der Waals surface area contributed by atoms with Gasteiger partial charge in [0.05, 0.1) is 5.56 Å². The molecule has 0 atom stereocenters. The summed E-state index contributed by atoms with van der Waals surface area (Å²) < 4.78 is 5.39. The highest BCUT2D eigenvalue weighted by atomic mass is 16.5. The molecule has 9 heteroatoms. The van der Waals surface area contributed by atoms with Crippen LogP contribution in [0.25, 0.3) is 23.1 Å². The summed E-state index contributed by atoms with van der Waals surface area (Å²) in [6.07, 6.45) is 1.71. The monoisotopic (exact) mass is 374 g/mol. The van der Waals surface area contributed by atoms with E-state index in [0.717, 1.165) is 22.5 Å². The summed E-state index contributed by atoms with van der Waals surface area (Å²) in [7, 11) is 1.84. The van der Waals surface area contributed by atoms with Gasteiger partial charge in [-0.15, -0.1) is 0 Å². The molecule has 0 aliphatic heterocycles. The number of aryl methyl sites for hydroxylation is 2. The van der Waals surface area contributed by atoms with E-state index in [9.17, 15) is 0 Å². The van der Waals surface area contributed by atoms with Gasteiger partial charge in [0, 0.05) is 24.6 Å². The molecule has 0 aliphatic rings. The fourth-order valence-electron chi connectivity index (χ4n) is 2.74. The summed E-state index contributed by atoms with van der Waals surface area (Å²) in [6.45, 7) is 3.89. The molecule has 0 spiro atoms. The number of para-hydroxylation sites is 1. The lowest BCUT2D eigenvalue weighted by Crippen LogP contribution is -2.15. The van der Waals surface area contributed by atoms with Gasteiger partial charge in [0.1, 0.15) is 0 Å². The molecule has 28 heavy (non-hydrogen) atoms. The first kappa shape index (κ1) is 17.5. The molecular weight excluding hydrogens is 356 g/mol. The average molecular weight is 374 g/mol. The van der Waals surface area contributed by atoms with Crippen molar-refractivity contribution in [3.05, 3.63) is 53.9 Å². The van der Waals surface area contributed by atoms with E-state index in [-0.39, 0.29) is 17.6 Å². The van der Waals surface area contributed by atoms with Crippen LogP contribution in [0.5, 0.6) is 0 Å². The first-order chi connectivity index (χ1) is 13.5. The molecule has 0 fully saturated rings. The number of nitrogen functional groups attached to an aromatic ring is 1. The zero-order valence-electron chi connectivity index (χ0n) is 15.7. The highest BCUT2D eigenvalue weighted by Gasteiger charge is 2.18. The highest BCUT2D eigenvalue weighted by molar-refractivity contribution is 5.61. The van der Waals surface area contributed by atoms with Crippen LogP contribution in [0.1, 0.15) is 11.3 Å². The minimum absolute atomic E-state index is 0.0716. The second-order valence-corrected chi connectivity index (χ2v) is 6.28. The minimum atomic E-state index is 0.0716. The molecule has 9 nitrogen and oxygen atoms in total. The summed E-state index contributed by atoms with van der Waals surface area (Å²) in [4.78, 5) is 23.3. The first-order valence-corrected chi connectivity index (χ1v) is 8.59. The quantitative estimate of drug-likeness (QED) is 0.574. The predicted octanol–water partition coefficient (Wildman–Crippen LogP) is 2.95. The molecule has 3 heterocycles. The van der Waals surface area contributed by atoms with E-state index in [1.807, 2.05) is 57.3 Å². The highest BCUT2D eigenvalue weighted by Crippen LogP contribution is 2.25. The third kappa shape index (κ3) is 3.37. The number of hydrogen-bond acceptors (Lipinski definition) is 9. The van der Waals surface area contributed by atoms with Crippen LogP contribution < -0.4 is 10.6 Å². The van der Waals surface area contributed by atoms with Crippen LogP contribution in [-0.4, -0.2) is 37.1 Å². The second kappa shape index (κ2) is 7.03. The summed E-state index contributed by atoms with van der Waals surface area (Å²) in [6, 6.07) is 11.6. The minimum Gasteiger partial charge on any atom is -0.368 e. The van der Waals surface area contributed by atoms with E-state index in [4.69, 9.17) is 10.3 Å². The van der Waals surface area contributed by atoms with Gasteiger partial charge in [0.25, 0.3) is 5.89 Å². The van der Waals surface area contributed by atoms with E-state index < -0.39 is 0 Å². The van der Waals surface area contributed by atoms with Crippen molar-refractivity contribution in [3.63, 3.8) is 0 Å². The fraction of sp³-hybridized carbons (Fsp3) is 0.158. The van der Waals surface area contributed by atoms with Crippen LogP contribution in [0.3, 0.4) is 0 Å². The van der Waals surface area contributed by atoms with Crippen molar-refractivity contribution in [2.75, 3.05) is 17.7 Å². The van der Waals surface area contributed by atoms with E-state index in [1.165, 1.54) is 0 Å². The molecule has 0 amide bonds. The number of hydrogen-bond donors (Lipinski definition) is 1. The number of anilines is 3. The number of benzene rings is 1. The molecular formula is C19H18N8O. The summed E-state index contributed by atoms with van der Waals surface area (Å²) >= 11 is 0. The van der Waals surface area contributed by atoms with Crippen LogP contribution in [0, 0.1) is 13.8 Å². The van der Waals surface area contributed by atoms with Gasteiger partial charge in [0.15, 0.2) is 0 Å². The molecule has 140 valence electrons. The SMILES string of the molecule is Cc1cc(C)c(-c2nc(-c3nc(N)nc(N(C)c4ccccc4)n3)no2)cn1. The standard InChI is InChI=1S/C19H18N8O/c1-11-9-12(2)21-10-14(11)17-22-16(26-28-17)15-23-18(20)25-19(24-15)27(3)13-7-5-4-6-8-13/h4-10H,1-3H3,(H2,20,23,24,25). The van der Waals surface area contributed by atoms with Crippen LogP contribution in [0.2, 0.25) is 0 Å². The molecule has 2 N–H and O–H groups in total. The van der Waals surface area contributed by atoms with Crippen molar-refractivity contribution in [2.45, 2.75) is 13.8 Å². The van der Waals surface area contributed by atoms with Crippen LogP contribution in [0.15, 0.2) is 47.1 Å². The topological polar surface area (TPSA) is 120 Å². The molecule has 1 aromatic carbocycles. The number of rotatable bonds is 4. The maximum Gasteiger partial charge on any atom is 0.260 e. The van der Waals surface area contributed by atoms with Crippen molar-refractivity contribution < 1.29 is 4.52 Å². The van der Waals surface area contributed by atoms with Gasteiger partial charge < -0.3 is 15.2 Å². The Morgan fingerprint density at radius 1 is 0.964 bits per heavy atom. The molecule has 0 saturated heterocycles. The zero-order valence-corrected chi connectivity index (χ0v) is 15.7. The summed E-state index contributed by atoms with van der Waals surface area (Å²) in [5.74, 6) is 1.26. The van der Waals surface area contributed by atoms with E-state index in [1.54, 1.807) is 11.1 Å². The zero-order chi connectivity index (χ0) is 19.7. The molecule has 0 aliphatic carbocycles. The van der Waals surface area contributed by atoms with E-state index in [0.29, 0.717) is 11.8 Å². The largest absolute Gasteiger partial charge is 0.368 e. The molecule has 4 aromatic rings. The second-order valence-electron chi connectivity index (χ2n) is 6.28. The Labute approximate surface area is 161 Å². The van der Waals surface area contributed by atoms with Crippen LogP contribution in [0.4, 0.5) is 17.6 Å². The lowest BCUT2D eigenvalue weighted by molar-refractivity contribution is 0.431. The van der Waals surface area contributed by atoms with Crippen molar-refractivity contribution in [2.24, 2.45) is 0 Å². The number of nitrogens with zero attached hydrogens (tertiary/aromatic N) is 7. The summed E-state index contributed by atoms with van der Waals surface area (Å²) in [5.41, 5.74) is 9.46. The maximum atomic E-state index is 5.89. The number of aromatic nitrogens is 6. The van der Waals surface area contributed by atoms with E-state index in [2.05, 4.69) is 30.1 Å². The molecule has 3 aromatic heterocycles. The smallest absolute Gasteiger partial charge is 0.260 e. The van der Waals surface area contributed by atoms with Crippen LogP contribution >= 0.6 is 0 Å². The first-order valence-electron chi connectivity index (χ1n) is 8.59. The van der Waals surface area contributed by atoms with E-state index >= 15 is 0 Å². The average Bonchev–Trinajstić information content (AvgIpc) is 3.17. The Kier molecular flexibility index (Phi) is 4.40. The van der Waals surface area contributed by atoms with Gasteiger partial charge >= 0.3 is 0 Å². The van der Waals surface area contributed by atoms with Gasteiger partial charge in [-0.3, -0.25) is 4.98 Å². The molecule has 0 unspecified atom stereocenters. The lowest BCUT2D eigenvalue weighted by Gasteiger charge is -2.17. The number of nitrogens with two attached hydrogens (primary N) is 1. The van der Waals surface area contributed by atoms with Crippen molar-refractivity contribution in [1.82, 2.24) is 30.1 Å². The van der Waals surface area contributed by atoms with Crippen molar-refractivity contribution in [1.29, 1.82) is 0 Å². The third-order valence-electron chi connectivity index (χ3n) is 4.19. The Morgan fingerprint density at radius 3 is 2.50 bits per heavy atom. The van der Waals surface area contributed by atoms with Gasteiger partial charge in [-0.25, -0.2) is 0 Å². The van der Waals surface area contributed by atoms with Gasteiger partial charge in [-0.05, 0) is 37.6 Å². The predicted molar refractivity (Wildman–Crippen MR) is 105 cm³/mol. The van der Waals surface area contributed by atoms with Gasteiger partial charge in [0.2, 0.25) is 23.5 Å². The fourth-order valence-corrected chi connectivity index (χ4v) is 2.74. The van der Waals surface area contributed by atoms with Crippen molar-refractivity contribution >= 4 is 17.6 Å². The van der Waals surface area contributed by atoms with Crippen molar-refractivity contribution in [3.8, 4) is 23.1 Å². The Hall–Kier alpha value is -3.88. The molecule has 0 saturated carbocycles. The Balaban J connectivity index is 1.70. The number of pyridine rings is 1. The Bertz CT molecular complexity index is 1130. The summed E-state index contributed by atoms with van der Waals surface area (Å²) in [5, 5.41) is 4.00. The van der Waals surface area contributed by atoms with Gasteiger partial charge in [-0.1, -0.05) is 23.4 Å². The Morgan fingerprint density at radius 2 is 1.75 bits per heavy atom. The lowest BCUT2D eigenvalue weighted by atomic mass is 10.1. The van der Waals surface area contributed by atoms with Crippen LogP contribution in [-0.2, 0) is 0 Å². The normalized spacial score (nSPS) is 10.8. The maximum absolute atomic E-state index is 5.89. The third-order valence-corrected chi connectivity index (χ3v) is 4.19.